The molecule has 0 aliphatic rings. The van der Waals surface area contributed by atoms with Gasteiger partial charge in [-0.15, -0.1) is 10.2 Å². The summed E-state index contributed by atoms with van der Waals surface area (Å²) in [5, 5.41) is 21.3. The Hall–Kier alpha value is -3.00. The van der Waals surface area contributed by atoms with Crippen LogP contribution < -0.4 is 5.32 Å². The lowest BCUT2D eigenvalue weighted by Crippen LogP contribution is -2.05. The Bertz CT molecular complexity index is 866. The van der Waals surface area contributed by atoms with E-state index < -0.39 is 0 Å². The average Bonchev–Trinajstić information content (AvgIpc) is 2.54. The summed E-state index contributed by atoms with van der Waals surface area (Å²) in [6.45, 7) is 2.46. The molecular weight excluding hydrogens is 279 g/mol. The monoisotopic (exact) mass is 292 g/mol. The molecule has 22 heavy (non-hydrogen) atoms. The second kappa shape index (κ2) is 5.78. The third kappa shape index (κ3) is 2.72. The molecule has 108 valence electrons. The molecule has 0 aliphatic heterocycles. The van der Waals surface area contributed by atoms with Gasteiger partial charge >= 0.3 is 0 Å². The second-order valence-electron chi connectivity index (χ2n) is 5.04. The number of benzene rings is 2. The minimum Gasteiger partial charge on any atom is -0.378 e. The third-order valence-electron chi connectivity index (χ3n) is 3.40. The van der Waals surface area contributed by atoms with Crippen molar-refractivity contribution in [3.63, 3.8) is 0 Å². The highest BCUT2D eigenvalue weighted by molar-refractivity contribution is 5.93. The molecule has 0 aliphatic carbocycles. The number of rotatable bonds is 3. The summed E-state index contributed by atoms with van der Waals surface area (Å²) in [6, 6.07) is 14.1. The van der Waals surface area contributed by atoms with Crippen LogP contribution in [0.5, 0.6) is 0 Å². The molecule has 1 aromatic heterocycles. The molecule has 1 N–H and O–H groups in total. The van der Waals surface area contributed by atoms with Crippen LogP contribution >= 0.6 is 0 Å². The molecule has 0 saturated heterocycles. The zero-order valence-corrected chi connectivity index (χ0v) is 12.0. The summed E-state index contributed by atoms with van der Waals surface area (Å²) in [7, 11) is 0. The Morgan fingerprint density at radius 1 is 1.14 bits per heavy atom. The summed E-state index contributed by atoms with van der Waals surface area (Å²) in [6.07, 6.45) is 0. The molecule has 0 bridgehead atoms. The summed E-state index contributed by atoms with van der Waals surface area (Å²) in [4.78, 5) is 0. The molecule has 0 atom stereocenters. The Kier molecular flexibility index (Phi) is 3.67. The van der Waals surface area contributed by atoms with Crippen molar-refractivity contribution < 1.29 is 4.39 Å². The molecule has 3 aromatic rings. The van der Waals surface area contributed by atoms with Crippen molar-refractivity contribution >= 4 is 16.6 Å². The van der Waals surface area contributed by atoms with E-state index in [1.165, 1.54) is 12.1 Å². The molecular formula is C17H13FN4. The average molecular weight is 292 g/mol. The highest BCUT2D eigenvalue weighted by Gasteiger charge is 2.10. The van der Waals surface area contributed by atoms with Gasteiger partial charge in [0.05, 0.1) is 11.2 Å². The van der Waals surface area contributed by atoms with Gasteiger partial charge < -0.3 is 5.32 Å². The topological polar surface area (TPSA) is 61.6 Å². The molecule has 0 fully saturated rings. The number of hydrogen-bond donors (Lipinski definition) is 1. The number of nitriles is 1. The standard InChI is InChI=1S/C17H13FN4/c1-11-2-7-15-14(8-11)17(16(9-19)22-21-15)20-10-12-3-5-13(18)6-4-12/h2-8H,10H2,1H3,(H,20,21). The third-order valence-corrected chi connectivity index (χ3v) is 3.40. The lowest BCUT2D eigenvalue weighted by Gasteiger charge is -2.11. The van der Waals surface area contributed by atoms with Crippen LogP contribution in [0.15, 0.2) is 42.5 Å². The first-order valence-electron chi connectivity index (χ1n) is 6.83. The van der Waals surface area contributed by atoms with E-state index in [1.54, 1.807) is 12.1 Å². The minimum atomic E-state index is -0.270. The van der Waals surface area contributed by atoms with Gasteiger partial charge in [0.1, 0.15) is 11.9 Å². The SMILES string of the molecule is Cc1ccc2nnc(C#N)c(NCc3ccc(F)cc3)c2c1. The van der Waals surface area contributed by atoms with Crippen molar-refractivity contribution in [3.8, 4) is 6.07 Å². The van der Waals surface area contributed by atoms with Crippen molar-refractivity contribution in [2.75, 3.05) is 5.32 Å². The van der Waals surface area contributed by atoms with E-state index >= 15 is 0 Å². The molecule has 1 heterocycles. The fraction of sp³-hybridized carbons (Fsp3) is 0.118. The van der Waals surface area contributed by atoms with Gasteiger partial charge in [0.2, 0.25) is 0 Å². The number of aryl methyl sites for hydroxylation is 1. The molecule has 5 heteroatoms. The quantitative estimate of drug-likeness (QED) is 0.801. The fourth-order valence-electron chi connectivity index (χ4n) is 2.27. The van der Waals surface area contributed by atoms with Gasteiger partial charge in [-0.2, -0.15) is 5.26 Å². The number of nitrogens with zero attached hydrogens (tertiary/aromatic N) is 3. The van der Waals surface area contributed by atoms with Crippen LogP contribution in [-0.4, -0.2) is 10.2 Å². The maximum Gasteiger partial charge on any atom is 0.186 e. The van der Waals surface area contributed by atoms with Gasteiger partial charge in [0, 0.05) is 11.9 Å². The smallest absolute Gasteiger partial charge is 0.186 e. The predicted molar refractivity (Wildman–Crippen MR) is 82.7 cm³/mol. The summed E-state index contributed by atoms with van der Waals surface area (Å²) < 4.78 is 12.9. The van der Waals surface area contributed by atoms with Crippen LogP contribution in [0.3, 0.4) is 0 Å². The Morgan fingerprint density at radius 3 is 2.64 bits per heavy atom. The van der Waals surface area contributed by atoms with E-state index in [0.29, 0.717) is 12.2 Å². The molecule has 0 saturated carbocycles. The van der Waals surface area contributed by atoms with Gasteiger partial charge in [-0.3, -0.25) is 0 Å². The van der Waals surface area contributed by atoms with Gasteiger partial charge in [-0.05, 0) is 36.8 Å². The van der Waals surface area contributed by atoms with E-state index in [1.807, 2.05) is 25.1 Å². The zero-order valence-electron chi connectivity index (χ0n) is 12.0. The second-order valence-corrected chi connectivity index (χ2v) is 5.04. The Balaban J connectivity index is 1.99. The molecule has 0 amide bonds. The number of anilines is 1. The van der Waals surface area contributed by atoms with E-state index in [9.17, 15) is 9.65 Å². The normalized spacial score (nSPS) is 10.4. The van der Waals surface area contributed by atoms with Crippen LogP contribution in [0.4, 0.5) is 10.1 Å². The maximum absolute atomic E-state index is 12.9. The molecule has 0 unspecified atom stereocenters. The number of fused-ring (bicyclic) bond motifs is 1. The number of halogens is 1. The van der Waals surface area contributed by atoms with E-state index in [2.05, 4.69) is 21.6 Å². The lowest BCUT2D eigenvalue weighted by molar-refractivity contribution is 0.627. The van der Waals surface area contributed by atoms with E-state index in [4.69, 9.17) is 0 Å². The van der Waals surface area contributed by atoms with Crippen molar-refractivity contribution in [1.29, 1.82) is 5.26 Å². The van der Waals surface area contributed by atoms with Crippen molar-refractivity contribution in [1.82, 2.24) is 10.2 Å². The predicted octanol–water partition coefficient (Wildman–Crippen LogP) is 3.56. The van der Waals surface area contributed by atoms with Crippen LogP contribution in [0, 0.1) is 24.1 Å². The minimum absolute atomic E-state index is 0.250. The summed E-state index contributed by atoms with van der Waals surface area (Å²) in [5.74, 6) is -0.270. The highest BCUT2D eigenvalue weighted by atomic mass is 19.1. The van der Waals surface area contributed by atoms with Gasteiger partial charge in [-0.25, -0.2) is 4.39 Å². The zero-order chi connectivity index (χ0) is 15.5. The van der Waals surface area contributed by atoms with Crippen LogP contribution in [0.1, 0.15) is 16.8 Å². The van der Waals surface area contributed by atoms with Crippen LogP contribution in [-0.2, 0) is 6.54 Å². The van der Waals surface area contributed by atoms with Gasteiger partial charge in [0.25, 0.3) is 0 Å². The first-order valence-corrected chi connectivity index (χ1v) is 6.83. The first kappa shape index (κ1) is 14.0. The van der Waals surface area contributed by atoms with Crippen molar-refractivity contribution in [2.24, 2.45) is 0 Å². The van der Waals surface area contributed by atoms with E-state index in [-0.39, 0.29) is 11.5 Å². The van der Waals surface area contributed by atoms with Crippen LogP contribution in [0.2, 0.25) is 0 Å². The summed E-state index contributed by atoms with van der Waals surface area (Å²) >= 11 is 0. The lowest BCUT2D eigenvalue weighted by atomic mass is 10.1. The Morgan fingerprint density at radius 2 is 1.91 bits per heavy atom. The number of aromatic nitrogens is 2. The molecule has 0 radical (unpaired) electrons. The Labute approximate surface area is 127 Å². The largest absolute Gasteiger partial charge is 0.378 e. The molecule has 3 rings (SSSR count). The fourth-order valence-corrected chi connectivity index (χ4v) is 2.27. The van der Waals surface area contributed by atoms with Crippen molar-refractivity contribution in [3.05, 3.63) is 65.1 Å². The highest BCUT2D eigenvalue weighted by Crippen LogP contribution is 2.25. The first-order chi connectivity index (χ1) is 10.7. The number of nitrogens with one attached hydrogen (secondary N) is 1. The van der Waals surface area contributed by atoms with Crippen LogP contribution in [0.25, 0.3) is 10.9 Å². The van der Waals surface area contributed by atoms with Crippen molar-refractivity contribution in [2.45, 2.75) is 13.5 Å². The van der Waals surface area contributed by atoms with Gasteiger partial charge in [-0.1, -0.05) is 23.8 Å². The maximum atomic E-state index is 12.9. The molecule has 0 spiro atoms. The van der Waals surface area contributed by atoms with E-state index in [0.717, 1.165) is 22.0 Å². The molecule has 4 nitrogen and oxygen atoms in total. The summed E-state index contributed by atoms with van der Waals surface area (Å²) in [5.41, 5.74) is 3.63. The molecule has 2 aromatic carbocycles. The van der Waals surface area contributed by atoms with Gasteiger partial charge in [0.15, 0.2) is 5.69 Å². The number of hydrogen-bond acceptors (Lipinski definition) is 4.